The first kappa shape index (κ1) is 20.7. The van der Waals surface area contributed by atoms with Gasteiger partial charge in [0.15, 0.2) is 0 Å². The van der Waals surface area contributed by atoms with Crippen LogP contribution < -0.4 is 10.6 Å². The molecular formula is C20H22F4N2O. The zero-order valence-electron chi connectivity index (χ0n) is 15.2. The molecule has 0 aliphatic heterocycles. The molecule has 0 aliphatic carbocycles. The molecule has 7 heteroatoms. The van der Waals surface area contributed by atoms with Crippen molar-refractivity contribution >= 4 is 11.7 Å². The second-order valence-corrected chi connectivity index (χ2v) is 6.41. The number of carbonyl (C=O) groups is 1. The highest BCUT2D eigenvalue weighted by atomic mass is 19.4. The van der Waals surface area contributed by atoms with E-state index in [2.05, 4.69) is 17.6 Å². The van der Waals surface area contributed by atoms with E-state index in [9.17, 15) is 22.4 Å². The van der Waals surface area contributed by atoms with Crippen LogP contribution in [0.2, 0.25) is 0 Å². The van der Waals surface area contributed by atoms with Gasteiger partial charge in [0.2, 0.25) is 0 Å². The van der Waals surface area contributed by atoms with Gasteiger partial charge >= 0.3 is 12.2 Å². The SMILES string of the molecule is CCCCc1ccc(NC(=O)NCc2cc(F)cc(C(F)(F)F)c2)c(C)c1. The zero-order valence-corrected chi connectivity index (χ0v) is 15.2. The van der Waals surface area contributed by atoms with Gasteiger partial charge in [-0.1, -0.05) is 25.5 Å². The van der Waals surface area contributed by atoms with E-state index in [1.165, 1.54) is 5.56 Å². The molecule has 2 rings (SSSR count). The number of amides is 2. The molecule has 0 unspecified atom stereocenters. The minimum absolute atomic E-state index is 0.0316. The Morgan fingerprint density at radius 1 is 1.07 bits per heavy atom. The van der Waals surface area contributed by atoms with Crippen molar-refractivity contribution in [2.75, 3.05) is 5.32 Å². The summed E-state index contributed by atoms with van der Waals surface area (Å²) in [5, 5.41) is 5.10. The maximum Gasteiger partial charge on any atom is 0.416 e. The second kappa shape index (κ2) is 8.88. The third kappa shape index (κ3) is 6.27. The van der Waals surface area contributed by atoms with Crippen molar-refractivity contribution in [3.8, 4) is 0 Å². The molecule has 0 saturated heterocycles. The van der Waals surface area contributed by atoms with Gasteiger partial charge in [-0.15, -0.1) is 0 Å². The lowest BCUT2D eigenvalue weighted by Crippen LogP contribution is -2.28. The Hall–Kier alpha value is -2.57. The van der Waals surface area contributed by atoms with Crippen LogP contribution in [0, 0.1) is 12.7 Å². The third-order valence-electron chi connectivity index (χ3n) is 4.10. The molecule has 0 fully saturated rings. The standard InChI is InChI=1S/C20H22F4N2O/c1-3-4-5-14-6-7-18(13(2)8-14)26-19(27)25-12-15-9-16(20(22,23)24)11-17(21)10-15/h6-11H,3-5,12H2,1-2H3,(H2,25,26,27). The van der Waals surface area contributed by atoms with Crippen molar-refractivity contribution < 1.29 is 22.4 Å². The van der Waals surface area contributed by atoms with E-state index in [4.69, 9.17) is 0 Å². The number of rotatable bonds is 6. The first-order chi connectivity index (χ1) is 12.7. The van der Waals surface area contributed by atoms with E-state index in [-0.39, 0.29) is 12.1 Å². The van der Waals surface area contributed by atoms with Crippen molar-refractivity contribution in [2.24, 2.45) is 0 Å². The molecule has 0 atom stereocenters. The number of halogens is 4. The molecule has 0 bridgehead atoms. The largest absolute Gasteiger partial charge is 0.416 e. The average molecular weight is 382 g/mol. The van der Waals surface area contributed by atoms with Crippen molar-refractivity contribution in [3.05, 3.63) is 64.5 Å². The van der Waals surface area contributed by atoms with Crippen molar-refractivity contribution in [2.45, 2.75) is 45.8 Å². The quantitative estimate of drug-likeness (QED) is 0.608. The molecule has 2 aromatic carbocycles. The summed E-state index contributed by atoms with van der Waals surface area (Å²) in [5.74, 6) is -0.999. The highest BCUT2D eigenvalue weighted by Gasteiger charge is 2.31. The molecule has 3 nitrogen and oxygen atoms in total. The van der Waals surface area contributed by atoms with Gasteiger partial charge in [0.25, 0.3) is 0 Å². The Bertz CT molecular complexity index is 803. The number of hydrogen-bond donors (Lipinski definition) is 2. The fourth-order valence-corrected chi connectivity index (χ4v) is 2.67. The van der Waals surface area contributed by atoms with Gasteiger partial charge in [0, 0.05) is 12.2 Å². The van der Waals surface area contributed by atoms with Crippen molar-refractivity contribution in [3.63, 3.8) is 0 Å². The lowest BCUT2D eigenvalue weighted by Gasteiger charge is -2.13. The van der Waals surface area contributed by atoms with Crippen molar-refractivity contribution in [1.82, 2.24) is 5.32 Å². The number of aryl methyl sites for hydroxylation is 2. The molecule has 2 amide bonds. The number of unbranched alkanes of at least 4 members (excludes halogenated alkanes) is 1. The third-order valence-corrected chi connectivity index (χ3v) is 4.10. The summed E-state index contributed by atoms with van der Waals surface area (Å²) >= 11 is 0. The van der Waals surface area contributed by atoms with Crippen LogP contribution in [0.15, 0.2) is 36.4 Å². The van der Waals surface area contributed by atoms with E-state index >= 15 is 0 Å². The Labute approximate surface area is 155 Å². The van der Waals surface area contributed by atoms with E-state index < -0.39 is 23.6 Å². The van der Waals surface area contributed by atoms with Gasteiger partial charge in [-0.05, 0) is 60.7 Å². The van der Waals surface area contributed by atoms with Crippen LogP contribution >= 0.6 is 0 Å². The molecular weight excluding hydrogens is 360 g/mol. The molecule has 27 heavy (non-hydrogen) atoms. The monoisotopic (exact) mass is 382 g/mol. The van der Waals surface area contributed by atoms with E-state index in [0.717, 1.165) is 37.0 Å². The first-order valence-electron chi connectivity index (χ1n) is 8.70. The topological polar surface area (TPSA) is 41.1 Å². The van der Waals surface area contributed by atoms with Crippen LogP contribution in [0.5, 0.6) is 0 Å². The smallest absolute Gasteiger partial charge is 0.334 e. The summed E-state index contributed by atoms with van der Waals surface area (Å²) < 4.78 is 51.5. The molecule has 2 N–H and O–H groups in total. The minimum atomic E-state index is -4.64. The highest BCUT2D eigenvalue weighted by Crippen LogP contribution is 2.30. The molecule has 0 heterocycles. The Balaban J connectivity index is 1.98. The average Bonchev–Trinajstić information content (AvgIpc) is 2.59. The van der Waals surface area contributed by atoms with Gasteiger partial charge < -0.3 is 10.6 Å². The Morgan fingerprint density at radius 2 is 1.81 bits per heavy atom. The number of benzene rings is 2. The summed E-state index contributed by atoms with van der Waals surface area (Å²) in [6.45, 7) is 3.76. The Morgan fingerprint density at radius 3 is 2.44 bits per heavy atom. The molecule has 0 radical (unpaired) electrons. The van der Waals surface area contributed by atoms with Gasteiger partial charge in [0.1, 0.15) is 5.82 Å². The maximum atomic E-state index is 13.4. The normalized spacial score (nSPS) is 11.3. The fourth-order valence-electron chi connectivity index (χ4n) is 2.67. The number of urea groups is 1. The minimum Gasteiger partial charge on any atom is -0.334 e. The van der Waals surface area contributed by atoms with Crippen LogP contribution in [0.1, 0.15) is 42.0 Å². The number of alkyl halides is 3. The lowest BCUT2D eigenvalue weighted by molar-refractivity contribution is -0.137. The number of nitrogens with one attached hydrogen (secondary N) is 2. The summed E-state index contributed by atoms with van der Waals surface area (Å²) in [4.78, 5) is 12.0. The highest BCUT2D eigenvalue weighted by molar-refractivity contribution is 5.90. The molecule has 0 aromatic heterocycles. The van der Waals surface area contributed by atoms with Gasteiger partial charge in [-0.25, -0.2) is 9.18 Å². The predicted octanol–water partition coefficient (Wildman–Crippen LogP) is 5.82. The van der Waals surface area contributed by atoms with Gasteiger partial charge in [0.05, 0.1) is 5.56 Å². The van der Waals surface area contributed by atoms with Gasteiger partial charge in [-0.3, -0.25) is 0 Å². The van der Waals surface area contributed by atoms with Crippen molar-refractivity contribution in [1.29, 1.82) is 0 Å². The molecule has 2 aromatic rings. The molecule has 0 aliphatic rings. The molecule has 0 saturated carbocycles. The van der Waals surface area contributed by atoms with Crippen LogP contribution in [0.4, 0.5) is 28.0 Å². The van der Waals surface area contributed by atoms with Crippen LogP contribution in [-0.2, 0) is 19.1 Å². The summed E-state index contributed by atoms with van der Waals surface area (Å²) in [6.07, 6.45) is -1.50. The van der Waals surface area contributed by atoms with Crippen LogP contribution in [0.25, 0.3) is 0 Å². The van der Waals surface area contributed by atoms with Crippen LogP contribution in [0.3, 0.4) is 0 Å². The summed E-state index contributed by atoms with van der Waals surface area (Å²) in [6, 6.07) is 7.35. The number of hydrogen-bond acceptors (Lipinski definition) is 1. The van der Waals surface area contributed by atoms with E-state index in [1.54, 1.807) is 6.07 Å². The maximum absolute atomic E-state index is 13.4. The number of carbonyl (C=O) groups excluding carboxylic acids is 1. The Kier molecular flexibility index (Phi) is 6.82. The summed E-state index contributed by atoms with van der Waals surface area (Å²) in [5.41, 5.74) is 1.63. The van der Waals surface area contributed by atoms with E-state index in [0.29, 0.717) is 11.8 Å². The molecule has 146 valence electrons. The fraction of sp³-hybridized carbons (Fsp3) is 0.350. The van der Waals surface area contributed by atoms with E-state index in [1.807, 2.05) is 19.1 Å². The molecule has 0 spiro atoms. The number of anilines is 1. The zero-order chi connectivity index (χ0) is 20.0. The predicted molar refractivity (Wildman–Crippen MR) is 97.1 cm³/mol. The summed E-state index contributed by atoms with van der Waals surface area (Å²) in [7, 11) is 0. The van der Waals surface area contributed by atoms with Crippen LogP contribution in [-0.4, -0.2) is 6.03 Å². The lowest BCUT2D eigenvalue weighted by atomic mass is 10.0. The second-order valence-electron chi connectivity index (χ2n) is 6.41. The van der Waals surface area contributed by atoms with Gasteiger partial charge in [-0.2, -0.15) is 13.2 Å². The first-order valence-corrected chi connectivity index (χ1v) is 8.70.